The molecule has 1 saturated carbocycles. The number of thioether (sulfide) groups is 1. The first kappa shape index (κ1) is 11.8. The summed E-state index contributed by atoms with van der Waals surface area (Å²) in [5.41, 5.74) is 8.12. The van der Waals surface area contributed by atoms with Gasteiger partial charge in [-0.25, -0.2) is 0 Å². The van der Waals surface area contributed by atoms with Crippen LogP contribution in [0.4, 0.5) is 5.69 Å². The van der Waals surface area contributed by atoms with Crippen molar-refractivity contribution in [3.8, 4) is 0 Å². The Morgan fingerprint density at radius 2 is 2.00 bits per heavy atom. The summed E-state index contributed by atoms with van der Waals surface area (Å²) in [6.07, 6.45) is 5.39. The van der Waals surface area contributed by atoms with Crippen LogP contribution in [0.15, 0.2) is 5.03 Å². The molecule has 1 aliphatic rings. The second kappa shape index (κ2) is 4.70. The third-order valence-corrected chi connectivity index (χ3v) is 4.70. The maximum Gasteiger partial charge on any atom is 0.117 e. The minimum atomic E-state index is 0.407. The topological polar surface area (TPSA) is 43.8 Å². The minimum absolute atomic E-state index is 0.407. The summed E-state index contributed by atoms with van der Waals surface area (Å²) in [4.78, 5) is 0. The lowest BCUT2D eigenvalue weighted by Crippen LogP contribution is -2.00. The van der Waals surface area contributed by atoms with Crippen LogP contribution in [0, 0.1) is 0 Å². The number of aryl methyl sites for hydroxylation is 1. The summed E-state index contributed by atoms with van der Waals surface area (Å²) in [5.74, 6) is 0.407. The Morgan fingerprint density at radius 3 is 2.50 bits per heavy atom. The Balaban J connectivity index is 2.19. The molecule has 2 N–H and O–H groups in total. The molecule has 0 radical (unpaired) electrons. The molecule has 1 aromatic heterocycles. The smallest absolute Gasteiger partial charge is 0.117 e. The lowest BCUT2D eigenvalue weighted by atomic mass is 10.1. The van der Waals surface area contributed by atoms with Crippen LogP contribution in [0.25, 0.3) is 0 Å². The highest BCUT2D eigenvalue weighted by molar-refractivity contribution is 8.00. The second-order valence-electron chi connectivity index (χ2n) is 4.91. The number of nitrogens with zero attached hydrogens (tertiary/aromatic N) is 2. The fourth-order valence-corrected chi connectivity index (χ4v) is 3.58. The number of anilines is 1. The summed E-state index contributed by atoms with van der Waals surface area (Å²) in [6.45, 7) is 4.28. The lowest BCUT2D eigenvalue weighted by molar-refractivity contribution is 0.669. The predicted octanol–water partition coefficient (Wildman–Crippen LogP) is 3.16. The SMILES string of the molecule is CC(C)c1nn(C)c(SC2CCCC2)c1N. The summed E-state index contributed by atoms with van der Waals surface area (Å²) >= 11 is 1.92. The van der Waals surface area contributed by atoms with Gasteiger partial charge in [0.2, 0.25) is 0 Å². The quantitative estimate of drug-likeness (QED) is 0.881. The zero-order chi connectivity index (χ0) is 11.7. The van der Waals surface area contributed by atoms with Gasteiger partial charge >= 0.3 is 0 Å². The Morgan fingerprint density at radius 1 is 1.38 bits per heavy atom. The molecule has 1 aromatic rings. The van der Waals surface area contributed by atoms with E-state index in [0.717, 1.165) is 21.7 Å². The maximum atomic E-state index is 6.18. The first-order valence-corrected chi connectivity index (χ1v) is 6.96. The summed E-state index contributed by atoms with van der Waals surface area (Å²) in [6, 6.07) is 0. The van der Waals surface area contributed by atoms with E-state index < -0.39 is 0 Å². The first-order chi connectivity index (χ1) is 7.59. The van der Waals surface area contributed by atoms with Crippen molar-refractivity contribution >= 4 is 17.4 Å². The summed E-state index contributed by atoms with van der Waals surface area (Å²) < 4.78 is 1.95. The highest BCUT2D eigenvalue weighted by Gasteiger charge is 2.22. The fourth-order valence-electron chi connectivity index (χ4n) is 2.28. The van der Waals surface area contributed by atoms with Gasteiger partial charge in [-0.15, -0.1) is 11.8 Å². The zero-order valence-electron chi connectivity index (χ0n) is 10.4. The molecule has 3 nitrogen and oxygen atoms in total. The first-order valence-electron chi connectivity index (χ1n) is 6.08. The van der Waals surface area contributed by atoms with Gasteiger partial charge in [0.25, 0.3) is 0 Å². The molecule has 2 rings (SSSR count). The molecule has 0 atom stereocenters. The standard InChI is InChI=1S/C12H21N3S/c1-8(2)11-10(13)12(15(3)14-11)16-9-6-4-5-7-9/h8-9H,4-7,13H2,1-3H3. The van der Waals surface area contributed by atoms with Gasteiger partial charge in [-0.2, -0.15) is 5.10 Å². The van der Waals surface area contributed by atoms with Crippen molar-refractivity contribution in [3.05, 3.63) is 5.69 Å². The van der Waals surface area contributed by atoms with Crippen LogP contribution < -0.4 is 5.73 Å². The number of nitrogen functional groups attached to an aromatic ring is 1. The molecule has 1 heterocycles. The van der Waals surface area contributed by atoms with Crippen molar-refractivity contribution in [2.45, 2.75) is 55.7 Å². The van der Waals surface area contributed by atoms with Crippen LogP contribution in [-0.4, -0.2) is 15.0 Å². The van der Waals surface area contributed by atoms with E-state index in [-0.39, 0.29) is 0 Å². The van der Waals surface area contributed by atoms with Gasteiger partial charge in [0.05, 0.1) is 11.4 Å². The van der Waals surface area contributed by atoms with E-state index in [1.54, 1.807) is 0 Å². The minimum Gasteiger partial charge on any atom is -0.395 e. The van der Waals surface area contributed by atoms with Gasteiger partial charge < -0.3 is 5.73 Å². The van der Waals surface area contributed by atoms with E-state index >= 15 is 0 Å². The van der Waals surface area contributed by atoms with Crippen molar-refractivity contribution in [2.75, 3.05) is 5.73 Å². The van der Waals surface area contributed by atoms with Gasteiger partial charge in [0.1, 0.15) is 5.03 Å². The maximum absolute atomic E-state index is 6.18. The van der Waals surface area contributed by atoms with Gasteiger partial charge in [0, 0.05) is 12.3 Å². The molecule has 0 saturated heterocycles. The molecule has 90 valence electrons. The number of hydrogen-bond acceptors (Lipinski definition) is 3. The van der Waals surface area contributed by atoms with Crippen LogP contribution in [0.2, 0.25) is 0 Å². The molecule has 0 spiro atoms. The molecule has 0 aliphatic heterocycles. The molecule has 4 heteroatoms. The second-order valence-corrected chi connectivity index (χ2v) is 6.20. The Bertz CT molecular complexity index is 365. The van der Waals surface area contributed by atoms with Crippen LogP contribution in [0.5, 0.6) is 0 Å². The molecular weight excluding hydrogens is 218 g/mol. The van der Waals surface area contributed by atoms with E-state index in [4.69, 9.17) is 5.73 Å². The number of aromatic nitrogens is 2. The molecule has 16 heavy (non-hydrogen) atoms. The largest absolute Gasteiger partial charge is 0.395 e. The van der Waals surface area contributed by atoms with Crippen molar-refractivity contribution in [3.63, 3.8) is 0 Å². The van der Waals surface area contributed by atoms with E-state index in [9.17, 15) is 0 Å². The van der Waals surface area contributed by atoms with Crippen LogP contribution in [0.3, 0.4) is 0 Å². The van der Waals surface area contributed by atoms with E-state index in [0.29, 0.717) is 5.92 Å². The third kappa shape index (κ3) is 2.21. The predicted molar refractivity (Wildman–Crippen MR) is 69.8 cm³/mol. The fraction of sp³-hybridized carbons (Fsp3) is 0.750. The van der Waals surface area contributed by atoms with Crippen LogP contribution in [0.1, 0.15) is 51.1 Å². The normalized spacial score (nSPS) is 17.5. The average Bonchev–Trinajstić information content (AvgIpc) is 2.81. The molecule has 0 unspecified atom stereocenters. The Hall–Kier alpha value is -0.640. The van der Waals surface area contributed by atoms with Gasteiger partial charge in [-0.3, -0.25) is 4.68 Å². The van der Waals surface area contributed by atoms with Gasteiger partial charge in [0.15, 0.2) is 0 Å². The molecule has 1 fully saturated rings. The van der Waals surface area contributed by atoms with E-state index in [2.05, 4.69) is 18.9 Å². The molecule has 0 amide bonds. The summed E-state index contributed by atoms with van der Waals surface area (Å²) in [5, 5.41) is 6.43. The number of nitrogens with two attached hydrogens (primary N) is 1. The molecule has 0 bridgehead atoms. The van der Waals surface area contributed by atoms with Crippen molar-refractivity contribution in [2.24, 2.45) is 7.05 Å². The van der Waals surface area contributed by atoms with Crippen LogP contribution >= 0.6 is 11.8 Å². The highest BCUT2D eigenvalue weighted by atomic mass is 32.2. The van der Waals surface area contributed by atoms with Crippen LogP contribution in [-0.2, 0) is 7.05 Å². The Labute approximate surface area is 102 Å². The third-order valence-electron chi connectivity index (χ3n) is 3.19. The van der Waals surface area contributed by atoms with E-state index in [1.165, 1.54) is 25.7 Å². The van der Waals surface area contributed by atoms with Crippen molar-refractivity contribution in [1.82, 2.24) is 9.78 Å². The number of rotatable bonds is 3. The average molecular weight is 239 g/mol. The molecule has 0 aromatic carbocycles. The highest BCUT2D eigenvalue weighted by Crippen LogP contribution is 2.39. The Kier molecular flexibility index (Phi) is 3.47. The van der Waals surface area contributed by atoms with Gasteiger partial charge in [-0.1, -0.05) is 26.7 Å². The monoisotopic (exact) mass is 239 g/mol. The molecular formula is C12H21N3S. The lowest BCUT2D eigenvalue weighted by Gasteiger charge is -2.09. The molecule has 1 aliphatic carbocycles. The van der Waals surface area contributed by atoms with Crippen molar-refractivity contribution in [1.29, 1.82) is 0 Å². The van der Waals surface area contributed by atoms with E-state index in [1.807, 2.05) is 23.5 Å². The number of hydrogen-bond donors (Lipinski definition) is 1. The van der Waals surface area contributed by atoms with Crippen molar-refractivity contribution < 1.29 is 0 Å². The zero-order valence-corrected chi connectivity index (χ0v) is 11.2. The van der Waals surface area contributed by atoms with Gasteiger partial charge in [-0.05, 0) is 18.8 Å². The summed E-state index contributed by atoms with van der Waals surface area (Å²) in [7, 11) is 2.00.